The molecule has 10 heteroatoms. The van der Waals surface area contributed by atoms with E-state index in [9.17, 15) is 19.2 Å². The number of esters is 3. The van der Waals surface area contributed by atoms with Gasteiger partial charge >= 0.3 is 24.0 Å². The summed E-state index contributed by atoms with van der Waals surface area (Å²) in [7, 11) is 0. The van der Waals surface area contributed by atoms with Gasteiger partial charge in [0.25, 0.3) is 0 Å². The van der Waals surface area contributed by atoms with Crippen LogP contribution in [0.25, 0.3) is 0 Å². The molecule has 1 aliphatic carbocycles. The van der Waals surface area contributed by atoms with Crippen LogP contribution < -0.4 is 11.1 Å². The van der Waals surface area contributed by atoms with Gasteiger partial charge in [-0.05, 0) is 44.1 Å². The predicted octanol–water partition coefficient (Wildman–Crippen LogP) is 2.43. The summed E-state index contributed by atoms with van der Waals surface area (Å²) in [6.45, 7) is 15.1. The van der Waals surface area contributed by atoms with Crippen molar-refractivity contribution >= 4 is 24.0 Å². The standard InChI is InChI=1S/C25H38N2O8/c1-7-19(28)32-14-25(15-33-20(29)8-2,16-34-21(30)9-3)17-35-22(31)27-24(6)11-18(12-26)10-23(4,5)13-24/h7-9,18H,1-3,10-17,26H2,4-6H3,(H,27,31). The smallest absolute Gasteiger partial charge is 0.407 e. The Morgan fingerprint density at radius 3 is 1.69 bits per heavy atom. The van der Waals surface area contributed by atoms with Crippen molar-refractivity contribution in [2.45, 2.75) is 45.6 Å². The second-order valence-corrected chi connectivity index (χ2v) is 10.0. The number of carbonyl (C=O) groups excluding carboxylic acids is 4. The lowest BCUT2D eigenvalue weighted by molar-refractivity contribution is -0.159. The molecule has 2 atom stereocenters. The number of nitrogens with one attached hydrogen (secondary N) is 1. The van der Waals surface area contributed by atoms with E-state index in [0.717, 1.165) is 31.1 Å². The summed E-state index contributed by atoms with van der Waals surface area (Å²) < 4.78 is 20.9. The van der Waals surface area contributed by atoms with Crippen LogP contribution in [0.15, 0.2) is 38.0 Å². The van der Waals surface area contributed by atoms with Gasteiger partial charge in [-0.25, -0.2) is 19.2 Å². The second-order valence-electron chi connectivity index (χ2n) is 10.0. The molecule has 2 unspecified atom stereocenters. The number of amides is 1. The summed E-state index contributed by atoms with van der Waals surface area (Å²) in [5, 5.41) is 2.93. The third kappa shape index (κ3) is 10.3. The van der Waals surface area contributed by atoms with E-state index in [0.29, 0.717) is 13.0 Å². The summed E-state index contributed by atoms with van der Waals surface area (Å²) in [6, 6.07) is 0. The predicted molar refractivity (Wildman–Crippen MR) is 129 cm³/mol. The second kappa shape index (κ2) is 13.1. The zero-order valence-electron chi connectivity index (χ0n) is 20.9. The van der Waals surface area contributed by atoms with Crippen molar-refractivity contribution in [1.82, 2.24) is 5.32 Å². The van der Waals surface area contributed by atoms with E-state index < -0.39 is 41.6 Å². The number of hydrogen-bond acceptors (Lipinski definition) is 9. The number of hydrogen-bond donors (Lipinski definition) is 2. The molecule has 1 aliphatic rings. The van der Waals surface area contributed by atoms with Crippen LogP contribution in [-0.4, -0.2) is 62.5 Å². The first-order valence-corrected chi connectivity index (χ1v) is 11.3. The van der Waals surface area contributed by atoms with Gasteiger partial charge in [-0.3, -0.25) is 0 Å². The van der Waals surface area contributed by atoms with Gasteiger partial charge < -0.3 is 30.0 Å². The summed E-state index contributed by atoms with van der Waals surface area (Å²) >= 11 is 0. The van der Waals surface area contributed by atoms with Crippen LogP contribution >= 0.6 is 0 Å². The molecule has 0 aromatic rings. The van der Waals surface area contributed by atoms with Crippen molar-refractivity contribution in [3.05, 3.63) is 38.0 Å². The third-order valence-electron chi connectivity index (χ3n) is 5.76. The fraction of sp³-hybridized carbons (Fsp3) is 0.600. The van der Waals surface area contributed by atoms with E-state index in [-0.39, 0.29) is 31.2 Å². The Morgan fingerprint density at radius 2 is 1.29 bits per heavy atom. The molecule has 3 N–H and O–H groups in total. The lowest BCUT2D eigenvalue weighted by Crippen LogP contribution is -2.54. The maximum atomic E-state index is 12.8. The van der Waals surface area contributed by atoms with Gasteiger partial charge in [0.2, 0.25) is 0 Å². The van der Waals surface area contributed by atoms with Crippen molar-refractivity contribution in [2.75, 3.05) is 33.0 Å². The molecule has 0 spiro atoms. The molecule has 1 amide bonds. The van der Waals surface area contributed by atoms with Crippen molar-refractivity contribution in [3.8, 4) is 0 Å². The number of ether oxygens (including phenoxy) is 4. The Bertz CT molecular complexity index is 762. The average Bonchev–Trinajstić information content (AvgIpc) is 2.80. The molecule has 0 heterocycles. The zero-order valence-corrected chi connectivity index (χ0v) is 20.9. The molecular formula is C25H38N2O8. The van der Waals surface area contributed by atoms with Gasteiger partial charge in [0.05, 0.1) is 0 Å². The minimum atomic E-state index is -1.39. The normalized spacial score (nSPS) is 21.1. The molecule has 0 saturated heterocycles. The molecular weight excluding hydrogens is 456 g/mol. The summed E-state index contributed by atoms with van der Waals surface area (Å²) in [4.78, 5) is 47.9. The van der Waals surface area contributed by atoms with Crippen LogP contribution in [0.2, 0.25) is 0 Å². The summed E-state index contributed by atoms with van der Waals surface area (Å²) in [6.07, 6.45) is 4.50. The van der Waals surface area contributed by atoms with Crippen molar-refractivity contribution in [1.29, 1.82) is 0 Å². The van der Waals surface area contributed by atoms with Gasteiger partial charge in [-0.2, -0.15) is 0 Å². The topological polar surface area (TPSA) is 143 Å². The SMILES string of the molecule is C=CC(=O)OCC(COC(=O)C=C)(COC(=O)C=C)COC(=O)NC1(C)CC(CN)CC(C)(C)C1. The van der Waals surface area contributed by atoms with Gasteiger partial charge in [0.15, 0.2) is 0 Å². The highest BCUT2D eigenvalue weighted by Crippen LogP contribution is 2.43. The number of rotatable bonds is 13. The molecule has 10 nitrogen and oxygen atoms in total. The highest BCUT2D eigenvalue weighted by Gasteiger charge is 2.43. The Kier molecular flexibility index (Phi) is 11.2. The fourth-order valence-corrected chi connectivity index (χ4v) is 4.55. The van der Waals surface area contributed by atoms with E-state index in [1.54, 1.807) is 0 Å². The maximum absolute atomic E-state index is 12.8. The first-order valence-electron chi connectivity index (χ1n) is 11.3. The Balaban J connectivity index is 3.03. The molecule has 0 bridgehead atoms. The highest BCUT2D eigenvalue weighted by molar-refractivity contribution is 5.82. The van der Waals surface area contributed by atoms with Gasteiger partial charge in [0.1, 0.15) is 31.8 Å². The number of alkyl carbamates (subject to hydrolysis) is 1. The monoisotopic (exact) mass is 494 g/mol. The number of carbonyl (C=O) groups is 4. The molecule has 0 aromatic carbocycles. The lowest BCUT2D eigenvalue weighted by atomic mass is 9.64. The lowest BCUT2D eigenvalue weighted by Gasteiger charge is -2.46. The Labute approximate surface area is 206 Å². The van der Waals surface area contributed by atoms with Crippen LogP contribution in [0, 0.1) is 16.7 Å². The molecule has 0 aromatic heterocycles. The summed E-state index contributed by atoms with van der Waals surface area (Å²) in [5.41, 5.74) is 3.95. The quantitative estimate of drug-likeness (QED) is 0.224. The minimum Gasteiger partial charge on any atom is -0.462 e. The van der Waals surface area contributed by atoms with Crippen molar-refractivity contribution < 1.29 is 38.1 Å². The van der Waals surface area contributed by atoms with Gasteiger partial charge in [-0.1, -0.05) is 33.6 Å². The van der Waals surface area contributed by atoms with Crippen LogP contribution in [0.5, 0.6) is 0 Å². The van der Waals surface area contributed by atoms with Crippen LogP contribution in [-0.2, 0) is 33.3 Å². The molecule has 1 rings (SSSR count). The van der Waals surface area contributed by atoms with E-state index in [2.05, 4.69) is 38.9 Å². The third-order valence-corrected chi connectivity index (χ3v) is 5.76. The largest absolute Gasteiger partial charge is 0.462 e. The molecule has 1 fully saturated rings. The average molecular weight is 495 g/mol. The molecule has 1 saturated carbocycles. The van der Waals surface area contributed by atoms with Gasteiger partial charge in [0, 0.05) is 23.8 Å². The Hall–Kier alpha value is -3.14. The molecule has 0 radical (unpaired) electrons. The van der Waals surface area contributed by atoms with Crippen molar-refractivity contribution in [2.24, 2.45) is 22.5 Å². The number of nitrogens with two attached hydrogens (primary N) is 1. The zero-order chi connectivity index (χ0) is 26.7. The minimum absolute atomic E-state index is 0.0231. The van der Waals surface area contributed by atoms with Crippen LogP contribution in [0.4, 0.5) is 4.79 Å². The fourth-order valence-electron chi connectivity index (χ4n) is 4.55. The van der Waals surface area contributed by atoms with Crippen LogP contribution in [0.3, 0.4) is 0 Å². The maximum Gasteiger partial charge on any atom is 0.407 e. The molecule has 0 aliphatic heterocycles. The van der Waals surface area contributed by atoms with Gasteiger partial charge in [-0.15, -0.1) is 0 Å². The van der Waals surface area contributed by atoms with E-state index >= 15 is 0 Å². The molecule has 35 heavy (non-hydrogen) atoms. The van der Waals surface area contributed by atoms with E-state index in [1.165, 1.54) is 0 Å². The Morgan fingerprint density at radius 1 is 0.857 bits per heavy atom. The van der Waals surface area contributed by atoms with Crippen LogP contribution in [0.1, 0.15) is 40.0 Å². The van der Waals surface area contributed by atoms with E-state index in [4.69, 9.17) is 24.7 Å². The molecule has 196 valence electrons. The first kappa shape index (κ1) is 29.9. The summed E-state index contributed by atoms with van der Waals surface area (Å²) in [5.74, 6) is -2.02. The highest BCUT2D eigenvalue weighted by atomic mass is 16.6. The van der Waals surface area contributed by atoms with E-state index in [1.807, 2.05) is 6.92 Å². The first-order chi connectivity index (χ1) is 16.3. The van der Waals surface area contributed by atoms with Crippen molar-refractivity contribution in [3.63, 3.8) is 0 Å².